The van der Waals surface area contributed by atoms with E-state index in [1.807, 2.05) is 20.9 Å². The monoisotopic (exact) mass is 273 g/mol. The van der Waals surface area contributed by atoms with Gasteiger partial charge in [-0.15, -0.1) is 12.4 Å². The number of halogens is 2. The first-order chi connectivity index (χ1) is 8.13. The van der Waals surface area contributed by atoms with Crippen LogP contribution in [0.15, 0.2) is 12.4 Å². The molecular formula is C11H17ClFN5. The minimum absolute atomic E-state index is 0. The summed E-state index contributed by atoms with van der Waals surface area (Å²) in [6.45, 7) is 4.77. The van der Waals surface area contributed by atoms with E-state index in [9.17, 15) is 4.39 Å². The fraction of sp³-hybridized carbons (Fsp3) is 0.455. The van der Waals surface area contributed by atoms with Crippen LogP contribution in [-0.4, -0.2) is 19.6 Å². The Hall–Kier alpha value is -1.56. The Kier molecular flexibility index (Phi) is 4.72. The summed E-state index contributed by atoms with van der Waals surface area (Å²) in [5.74, 6) is -0.276. The van der Waals surface area contributed by atoms with Crippen LogP contribution in [0.1, 0.15) is 18.2 Å². The molecule has 2 rings (SSSR count). The number of nitrogens with one attached hydrogen (secondary N) is 1. The molecule has 100 valence electrons. The zero-order valence-electron chi connectivity index (χ0n) is 10.6. The molecule has 0 saturated heterocycles. The molecule has 7 heteroatoms. The molecule has 0 amide bonds. The Morgan fingerprint density at radius 3 is 2.56 bits per heavy atom. The van der Waals surface area contributed by atoms with E-state index in [1.54, 1.807) is 17.1 Å². The molecule has 0 spiro atoms. The minimum Gasteiger partial charge on any atom is -0.378 e. The molecule has 0 aliphatic rings. The number of hydrogen-bond acceptors (Lipinski definition) is 3. The second-order valence-electron chi connectivity index (χ2n) is 3.90. The van der Waals surface area contributed by atoms with Gasteiger partial charge in [-0.1, -0.05) is 0 Å². The first-order valence-corrected chi connectivity index (χ1v) is 5.56. The van der Waals surface area contributed by atoms with Crippen LogP contribution in [0.3, 0.4) is 0 Å². The van der Waals surface area contributed by atoms with Gasteiger partial charge >= 0.3 is 0 Å². The smallest absolute Gasteiger partial charge is 0.216 e. The van der Waals surface area contributed by atoms with Crippen molar-refractivity contribution in [3.05, 3.63) is 29.6 Å². The van der Waals surface area contributed by atoms with Crippen LogP contribution in [0.5, 0.6) is 0 Å². The van der Waals surface area contributed by atoms with E-state index in [0.29, 0.717) is 18.7 Å². The summed E-state index contributed by atoms with van der Waals surface area (Å²) in [5, 5.41) is 11.2. The van der Waals surface area contributed by atoms with Gasteiger partial charge in [-0.25, -0.2) is 4.68 Å². The maximum atomic E-state index is 13.7. The van der Waals surface area contributed by atoms with Crippen LogP contribution < -0.4 is 5.32 Å². The van der Waals surface area contributed by atoms with Gasteiger partial charge in [0, 0.05) is 25.7 Å². The van der Waals surface area contributed by atoms with Crippen molar-refractivity contribution in [1.29, 1.82) is 0 Å². The highest BCUT2D eigenvalue weighted by atomic mass is 35.5. The zero-order chi connectivity index (χ0) is 12.4. The van der Waals surface area contributed by atoms with E-state index in [2.05, 4.69) is 15.5 Å². The van der Waals surface area contributed by atoms with Crippen molar-refractivity contribution in [1.82, 2.24) is 19.6 Å². The fourth-order valence-electron chi connectivity index (χ4n) is 1.61. The van der Waals surface area contributed by atoms with E-state index in [-0.39, 0.29) is 18.4 Å². The molecule has 0 aliphatic carbocycles. The van der Waals surface area contributed by atoms with Crippen molar-refractivity contribution in [3.8, 4) is 0 Å². The van der Waals surface area contributed by atoms with E-state index in [4.69, 9.17) is 0 Å². The molecule has 0 unspecified atom stereocenters. The van der Waals surface area contributed by atoms with Gasteiger partial charge in [0.2, 0.25) is 5.95 Å². The van der Waals surface area contributed by atoms with Crippen molar-refractivity contribution >= 4 is 18.1 Å². The normalized spacial score (nSPS) is 10.2. The quantitative estimate of drug-likeness (QED) is 0.928. The second kappa shape index (κ2) is 5.86. The van der Waals surface area contributed by atoms with E-state index >= 15 is 0 Å². The molecule has 5 nitrogen and oxygen atoms in total. The number of hydrogen-bond donors (Lipinski definition) is 1. The summed E-state index contributed by atoms with van der Waals surface area (Å²) in [7, 11) is 1.87. The van der Waals surface area contributed by atoms with Gasteiger partial charge in [0.15, 0.2) is 0 Å². The van der Waals surface area contributed by atoms with Crippen LogP contribution in [0.25, 0.3) is 0 Å². The average Bonchev–Trinajstić information content (AvgIpc) is 2.83. The van der Waals surface area contributed by atoms with Crippen molar-refractivity contribution < 1.29 is 4.39 Å². The van der Waals surface area contributed by atoms with Crippen molar-refractivity contribution in [2.75, 3.05) is 5.32 Å². The molecule has 2 heterocycles. The van der Waals surface area contributed by atoms with Crippen molar-refractivity contribution in [2.24, 2.45) is 7.05 Å². The van der Waals surface area contributed by atoms with Crippen LogP contribution in [0, 0.1) is 12.9 Å². The predicted octanol–water partition coefficient (Wildman–Crippen LogP) is 2.12. The average molecular weight is 274 g/mol. The van der Waals surface area contributed by atoms with Gasteiger partial charge < -0.3 is 5.32 Å². The van der Waals surface area contributed by atoms with Crippen LogP contribution in [-0.2, 0) is 20.1 Å². The predicted molar refractivity (Wildman–Crippen MR) is 70.4 cm³/mol. The maximum Gasteiger partial charge on any atom is 0.216 e. The largest absolute Gasteiger partial charge is 0.378 e. The van der Waals surface area contributed by atoms with E-state index in [0.717, 1.165) is 11.4 Å². The summed E-state index contributed by atoms with van der Waals surface area (Å²) in [4.78, 5) is 0. The number of rotatable bonds is 4. The highest BCUT2D eigenvalue weighted by molar-refractivity contribution is 5.85. The molecule has 0 bridgehead atoms. The summed E-state index contributed by atoms with van der Waals surface area (Å²) >= 11 is 0. The summed E-state index contributed by atoms with van der Waals surface area (Å²) < 4.78 is 16.8. The Bertz CT molecular complexity index is 519. The highest BCUT2D eigenvalue weighted by Gasteiger charge is 2.10. The first kappa shape index (κ1) is 14.5. The van der Waals surface area contributed by atoms with Crippen molar-refractivity contribution in [2.45, 2.75) is 26.9 Å². The lowest BCUT2D eigenvalue weighted by molar-refractivity contribution is 0.465. The molecule has 1 N–H and O–H groups in total. The van der Waals surface area contributed by atoms with Gasteiger partial charge in [0.05, 0.1) is 23.8 Å². The third kappa shape index (κ3) is 2.64. The lowest BCUT2D eigenvalue weighted by Gasteiger charge is -2.04. The molecular weight excluding hydrogens is 257 g/mol. The standard InChI is InChI=1S/C11H16FN5.ClH/c1-4-17-11(12)9(6-15-17)5-13-10-7-14-16(3)8(10)2;/h6-7,13H,4-5H2,1-3H3;1H. The summed E-state index contributed by atoms with van der Waals surface area (Å²) in [6.07, 6.45) is 3.29. The minimum atomic E-state index is -0.276. The SMILES string of the molecule is CCn1ncc(CNc2cnn(C)c2C)c1F.Cl. The Morgan fingerprint density at radius 2 is 2.06 bits per heavy atom. The van der Waals surface area contributed by atoms with Gasteiger partial charge in [-0.2, -0.15) is 14.6 Å². The second-order valence-corrected chi connectivity index (χ2v) is 3.90. The third-order valence-corrected chi connectivity index (χ3v) is 2.85. The molecule has 0 radical (unpaired) electrons. The molecule has 0 aliphatic heterocycles. The molecule has 0 atom stereocenters. The van der Waals surface area contributed by atoms with Gasteiger partial charge in [0.25, 0.3) is 0 Å². The van der Waals surface area contributed by atoms with Gasteiger partial charge in [-0.3, -0.25) is 4.68 Å². The van der Waals surface area contributed by atoms with Gasteiger partial charge in [0.1, 0.15) is 0 Å². The molecule has 0 fully saturated rings. The Labute approximate surface area is 111 Å². The number of aryl methyl sites for hydroxylation is 2. The van der Waals surface area contributed by atoms with Gasteiger partial charge in [-0.05, 0) is 13.8 Å². The van der Waals surface area contributed by atoms with Crippen LogP contribution >= 0.6 is 12.4 Å². The van der Waals surface area contributed by atoms with E-state index in [1.165, 1.54) is 4.68 Å². The van der Waals surface area contributed by atoms with Crippen LogP contribution in [0.2, 0.25) is 0 Å². The topological polar surface area (TPSA) is 47.7 Å². The molecule has 0 saturated carbocycles. The number of anilines is 1. The lowest BCUT2D eigenvalue weighted by atomic mass is 10.3. The number of nitrogens with zero attached hydrogens (tertiary/aromatic N) is 4. The maximum absolute atomic E-state index is 13.7. The van der Waals surface area contributed by atoms with E-state index < -0.39 is 0 Å². The summed E-state index contributed by atoms with van der Waals surface area (Å²) in [5.41, 5.74) is 2.50. The first-order valence-electron chi connectivity index (χ1n) is 5.56. The highest BCUT2D eigenvalue weighted by Crippen LogP contribution is 2.14. The fourth-order valence-corrected chi connectivity index (χ4v) is 1.61. The third-order valence-electron chi connectivity index (χ3n) is 2.85. The zero-order valence-corrected chi connectivity index (χ0v) is 11.5. The molecule has 2 aromatic rings. The molecule has 18 heavy (non-hydrogen) atoms. The number of aromatic nitrogens is 4. The Morgan fingerprint density at radius 1 is 1.33 bits per heavy atom. The lowest BCUT2D eigenvalue weighted by Crippen LogP contribution is -2.04. The van der Waals surface area contributed by atoms with Crippen molar-refractivity contribution in [3.63, 3.8) is 0 Å². The summed E-state index contributed by atoms with van der Waals surface area (Å²) in [6, 6.07) is 0. The molecule has 0 aromatic carbocycles. The molecule has 2 aromatic heterocycles. The van der Waals surface area contributed by atoms with Crippen LogP contribution in [0.4, 0.5) is 10.1 Å². The Balaban J connectivity index is 0.00000162.